The fraction of sp³-hybridized carbons (Fsp3) is 0.538. The van der Waals surface area contributed by atoms with Gasteiger partial charge in [0.2, 0.25) is 0 Å². The topological polar surface area (TPSA) is 24.1 Å². The van der Waals surface area contributed by atoms with Crippen LogP contribution in [0.2, 0.25) is 0 Å². The summed E-state index contributed by atoms with van der Waals surface area (Å²) in [6, 6.07) is 12.2. The molecular weight excluding hydrogens is 184 g/mol. The van der Waals surface area contributed by atoms with Gasteiger partial charge in [-0.2, -0.15) is 0 Å². The van der Waals surface area contributed by atoms with Crippen molar-refractivity contribution in [3.63, 3.8) is 0 Å². The summed E-state index contributed by atoms with van der Waals surface area (Å²) >= 11 is 0. The molecule has 80 valence electrons. The van der Waals surface area contributed by atoms with Gasteiger partial charge in [-0.25, -0.2) is 0 Å². The molecule has 2 nitrogen and oxygen atoms in total. The van der Waals surface area contributed by atoms with Crippen molar-refractivity contribution in [1.29, 1.82) is 0 Å². The smallest absolute Gasteiger partial charge is 0.0352 e. The molecule has 2 N–H and O–H groups in total. The summed E-state index contributed by atoms with van der Waals surface area (Å²) in [7, 11) is 0. The summed E-state index contributed by atoms with van der Waals surface area (Å²) in [6.45, 7) is 2.27. The van der Waals surface area contributed by atoms with Crippen LogP contribution in [0.1, 0.15) is 24.4 Å². The molecule has 2 heteroatoms. The van der Waals surface area contributed by atoms with Gasteiger partial charge in [0.15, 0.2) is 0 Å². The zero-order valence-electron chi connectivity index (χ0n) is 8.95. The van der Waals surface area contributed by atoms with E-state index in [0.29, 0.717) is 12.1 Å². The number of hydrogen-bond acceptors (Lipinski definition) is 2. The summed E-state index contributed by atoms with van der Waals surface area (Å²) in [4.78, 5) is 0. The Morgan fingerprint density at radius 1 is 1.13 bits per heavy atom. The third-order valence-corrected chi connectivity index (χ3v) is 3.45. The third-order valence-electron chi connectivity index (χ3n) is 3.45. The maximum Gasteiger partial charge on any atom is 0.0352 e. The van der Waals surface area contributed by atoms with Crippen LogP contribution >= 0.6 is 0 Å². The Morgan fingerprint density at radius 2 is 1.87 bits per heavy atom. The second kappa shape index (κ2) is 3.95. The van der Waals surface area contributed by atoms with Crippen LogP contribution in [0, 0.1) is 5.92 Å². The Hall–Kier alpha value is -0.860. The molecule has 1 unspecified atom stereocenters. The SMILES string of the molecule is c1ccc(C(NC2CNC2)C2CC2)cc1. The first kappa shape index (κ1) is 9.37. The van der Waals surface area contributed by atoms with E-state index in [2.05, 4.69) is 41.0 Å². The molecule has 1 aromatic carbocycles. The van der Waals surface area contributed by atoms with Crippen molar-refractivity contribution in [3.05, 3.63) is 35.9 Å². The summed E-state index contributed by atoms with van der Waals surface area (Å²) in [5.41, 5.74) is 1.46. The molecule has 0 aromatic heterocycles. The Bertz CT molecular complexity index is 315. The average molecular weight is 202 g/mol. The number of hydrogen-bond donors (Lipinski definition) is 2. The van der Waals surface area contributed by atoms with E-state index in [1.165, 1.54) is 18.4 Å². The lowest BCUT2D eigenvalue weighted by Gasteiger charge is -2.33. The van der Waals surface area contributed by atoms with E-state index in [4.69, 9.17) is 0 Å². The van der Waals surface area contributed by atoms with Crippen molar-refractivity contribution in [2.45, 2.75) is 24.9 Å². The molecule has 1 saturated carbocycles. The molecule has 0 radical (unpaired) electrons. The Morgan fingerprint density at radius 3 is 2.40 bits per heavy atom. The average Bonchev–Trinajstić information content (AvgIpc) is 3.01. The van der Waals surface area contributed by atoms with E-state index < -0.39 is 0 Å². The summed E-state index contributed by atoms with van der Waals surface area (Å²) in [6.07, 6.45) is 2.79. The van der Waals surface area contributed by atoms with Crippen LogP contribution in [0.25, 0.3) is 0 Å². The minimum atomic E-state index is 0.596. The van der Waals surface area contributed by atoms with Crippen molar-refractivity contribution < 1.29 is 0 Å². The van der Waals surface area contributed by atoms with Crippen LogP contribution in [0.3, 0.4) is 0 Å². The van der Waals surface area contributed by atoms with E-state index in [1.54, 1.807) is 0 Å². The summed E-state index contributed by atoms with van der Waals surface area (Å²) < 4.78 is 0. The van der Waals surface area contributed by atoms with Gasteiger partial charge in [-0.05, 0) is 24.3 Å². The summed E-state index contributed by atoms with van der Waals surface area (Å²) in [5, 5.41) is 7.08. The van der Waals surface area contributed by atoms with Crippen LogP contribution in [0.15, 0.2) is 30.3 Å². The lowest BCUT2D eigenvalue weighted by molar-refractivity contribution is 0.314. The monoisotopic (exact) mass is 202 g/mol. The molecule has 1 aliphatic carbocycles. The highest BCUT2D eigenvalue weighted by Gasteiger charge is 2.34. The van der Waals surface area contributed by atoms with Crippen molar-refractivity contribution >= 4 is 0 Å². The standard InChI is InChI=1S/C13H18N2/c1-2-4-10(5-3-1)13(11-6-7-11)15-12-8-14-9-12/h1-5,11-15H,6-9H2. The molecule has 0 spiro atoms. The maximum atomic E-state index is 3.77. The molecule has 1 aromatic rings. The largest absolute Gasteiger partial charge is 0.314 e. The zero-order chi connectivity index (χ0) is 10.1. The van der Waals surface area contributed by atoms with Gasteiger partial charge in [0.1, 0.15) is 0 Å². The molecule has 2 fully saturated rings. The number of rotatable bonds is 4. The van der Waals surface area contributed by atoms with E-state index >= 15 is 0 Å². The second-order valence-corrected chi connectivity index (χ2v) is 4.75. The minimum absolute atomic E-state index is 0.596. The van der Waals surface area contributed by atoms with Crippen LogP contribution in [-0.2, 0) is 0 Å². The molecule has 2 aliphatic rings. The van der Waals surface area contributed by atoms with Crippen LogP contribution in [0.4, 0.5) is 0 Å². The molecular formula is C13H18N2. The predicted octanol–water partition coefficient (Wildman–Crippen LogP) is 1.70. The molecule has 1 atom stereocenters. The highest BCUT2D eigenvalue weighted by molar-refractivity contribution is 5.21. The molecule has 1 saturated heterocycles. The van der Waals surface area contributed by atoms with Gasteiger partial charge in [0.25, 0.3) is 0 Å². The lowest BCUT2D eigenvalue weighted by Crippen LogP contribution is -2.56. The molecule has 1 heterocycles. The third kappa shape index (κ3) is 2.06. The highest BCUT2D eigenvalue weighted by atomic mass is 15.1. The summed E-state index contributed by atoms with van der Waals surface area (Å²) in [5.74, 6) is 0.882. The molecule has 1 aliphatic heterocycles. The molecule has 15 heavy (non-hydrogen) atoms. The van der Waals surface area contributed by atoms with Gasteiger partial charge in [-0.1, -0.05) is 30.3 Å². The van der Waals surface area contributed by atoms with E-state index in [-0.39, 0.29) is 0 Å². The van der Waals surface area contributed by atoms with Gasteiger partial charge in [0, 0.05) is 25.2 Å². The van der Waals surface area contributed by atoms with Crippen molar-refractivity contribution in [3.8, 4) is 0 Å². The first-order valence-electron chi connectivity index (χ1n) is 5.95. The molecule has 0 amide bonds. The van der Waals surface area contributed by atoms with Crippen molar-refractivity contribution in [1.82, 2.24) is 10.6 Å². The minimum Gasteiger partial charge on any atom is -0.314 e. The van der Waals surface area contributed by atoms with Crippen LogP contribution < -0.4 is 10.6 Å². The maximum absolute atomic E-state index is 3.77. The van der Waals surface area contributed by atoms with Gasteiger partial charge in [-0.15, -0.1) is 0 Å². The zero-order valence-corrected chi connectivity index (χ0v) is 8.95. The lowest BCUT2D eigenvalue weighted by atomic mass is 10.00. The number of benzene rings is 1. The van der Waals surface area contributed by atoms with E-state index in [1.807, 2.05) is 0 Å². The van der Waals surface area contributed by atoms with Crippen LogP contribution in [0.5, 0.6) is 0 Å². The normalized spacial score (nSPS) is 23.5. The molecule has 3 rings (SSSR count). The Labute approximate surface area is 91.1 Å². The van der Waals surface area contributed by atoms with E-state index in [9.17, 15) is 0 Å². The van der Waals surface area contributed by atoms with Gasteiger partial charge in [-0.3, -0.25) is 0 Å². The first-order chi connectivity index (χ1) is 7.43. The van der Waals surface area contributed by atoms with Crippen molar-refractivity contribution in [2.75, 3.05) is 13.1 Å². The number of nitrogens with one attached hydrogen (secondary N) is 2. The van der Waals surface area contributed by atoms with Crippen LogP contribution in [-0.4, -0.2) is 19.1 Å². The Balaban J connectivity index is 1.72. The fourth-order valence-corrected chi connectivity index (χ4v) is 2.25. The van der Waals surface area contributed by atoms with E-state index in [0.717, 1.165) is 19.0 Å². The highest BCUT2D eigenvalue weighted by Crippen LogP contribution is 2.41. The van der Waals surface area contributed by atoms with Gasteiger partial charge < -0.3 is 10.6 Å². The second-order valence-electron chi connectivity index (χ2n) is 4.75. The Kier molecular flexibility index (Phi) is 2.47. The molecule has 0 bridgehead atoms. The van der Waals surface area contributed by atoms with Crippen molar-refractivity contribution in [2.24, 2.45) is 5.92 Å². The predicted molar refractivity (Wildman–Crippen MR) is 61.7 cm³/mol. The first-order valence-corrected chi connectivity index (χ1v) is 5.95. The van der Waals surface area contributed by atoms with Gasteiger partial charge >= 0.3 is 0 Å². The quantitative estimate of drug-likeness (QED) is 0.776. The van der Waals surface area contributed by atoms with Gasteiger partial charge in [0.05, 0.1) is 0 Å². The fourth-order valence-electron chi connectivity index (χ4n) is 2.25.